The van der Waals surface area contributed by atoms with Crippen LogP contribution in [0.1, 0.15) is 5.69 Å². The fourth-order valence-electron chi connectivity index (χ4n) is 5.70. The van der Waals surface area contributed by atoms with Crippen LogP contribution in [0.5, 0.6) is 0 Å². The summed E-state index contributed by atoms with van der Waals surface area (Å²) in [7, 11) is 0. The molecule has 0 atom stereocenters. The monoisotopic (exact) mass is 577 g/mol. The van der Waals surface area contributed by atoms with Crippen molar-refractivity contribution in [2.24, 2.45) is 0 Å². The van der Waals surface area contributed by atoms with Crippen LogP contribution in [-0.2, 0) is 0 Å². The second kappa shape index (κ2) is 11.2. The molecule has 0 N–H and O–H groups in total. The van der Waals surface area contributed by atoms with Crippen LogP contribution in [0.2, 0.25) is 0 Å². The van der Waals surface area contributed by atoms with Crippen molar-refractivity contribution in [2.75, 3.05) is 0 Å². The van der Waals surface area contributed by atoms with Gasteiger partial charge in [-0.25, -0.2) is 19.9 Å². The zero-order chi connectivity index (χ0) is 30.2. The van der Waals surface area contributed by atoms with E-state index in [4.69, 9.17) is 24.9 Å². The molecule has 0 bridgehead atoms. The Labute approximate surface area is 261 Å². The van der Waals surface area contributed by atoms with Gasteiger partial charge in [0, 0.05) is 38.7 Å². The number of fused-ring (bicyclic) bond motifs is 3. The van der Waals surface area contributed by atoms with Crippen molar-refractivity contribution in [3.8, 4) is 56.5 Å². The SMILES string of the molecule is Cc1ccc2ccc3c(-c4ccc(-c5nc(-c6ccccc6)nc(-c6ccccc6)n5)cc4)cc(-c4ccccc4)nc3c2n1. The minimum atomic E-state index is 0.629. The lowest BCUT2D eigenvalue weighted by Crippen LogP contribution is -2.00. The Balaban J connectivity index is 1.28. The molecule has 5 nitrogen and oxygen atoms in total. The molecular formula is C40H27N5. The first-order valence-electron chi connectivity index (χ1n) is 14.9. The van der Waals surface area contributed by atoms with E-state index in [9.17, 15) is 0 Å². The fourth-order valence-corrected chi connectivity index (χ4v) is 5.70. The zero-order valence-electron chi connectivity index (χ0n) is 24.6. The Morgan fingerprint density at radius 3 is 1.44 bits per heavy atom. The van der Waals surface area contributed by atoms with Gasteiger partial charge in [-0.15, -0.1) is 0 Å². The van der Waals surface area contributed by atoms with Crippen LogP contribution in [-0.4, -0.2) is 24.9 Å². The maximum atomic E-state index is 5.15. The Morgan fingerprint density at radius 1 is 0.378 bits per heavy atom. The number of nitrogens with zero attached hydrogens (tertiary/aromatic N) is 5. The molecule has 0 amide bonds. The van der Waals surface area contributed by atoms with Crippen LogP contribution in [0, 0.1) is 6.92 Å². The third-order valence-corrected chi connectivity index (χ3v) is 8.00. The molecule has 45 heavy (non-hydrogen) atoms. The molecular weight excluding hydrogens is 550 g/mol. The molecule has 0 saturated carbocycles. The second-order valence-electron chi connectivity index (χ2n) is 11.0. The molecule has 212 valence electrons. The van der Waals surface area contributed by atoms with Gasteiger partial charge in [-0.3, -0.25) is 4.98 Å². The van der Waals surface area contributed by atoms with Gasteiger partial charge in [0.25, 0.3) is 0 Å². The highest BCUT2D eigenvalue weighted by Gasteiger charge is 2.15. The van der Waals surface area contributed by atoms with E-state index in [0.717, 1.165) is 66.6 Å². The quantitative estimate of drug-likeness (QED) is 0.191. The third kappa shape index (κ3) is 5.11. The molecule has 3 aromatic heterocycles. The predicted molar refractivity (Wildman–Crippen MR) is 182 cm³/mol. The molecule has 0 fully saturated rings. The average molecular weight is 578 g/mol. The Hall–Kier alpha value is -6.07. The van der Waals surface area contributed by atoms with Gasteiger partial charge in [0.2, 0.25) is 0 Å². The highest BCUT2D eigenvalue weighted by atomic mass is 15.0. The normalized spacial score (nSPS) is 11.2. The molecule has 0 unspecified atom stereocenters. The molecule has 0 aliphatic rings. The molecule has 3 heterocycles. The van der Waals surface area contributed by atoms with Gasteiger partial charge in [0.15, 0.2) is 17.5 Å². The zero-order valence-corrected chi connectivity index (χ0v) is 24.6. The topological polar surface area (TPSA) is 64.5 Å². The number of benzene rings is 5. The average Bonchev–Trinajstić information content (AvgIpc) is 3.12. The van der Waals surface area contributed by atoms with Crippen molar-refractivity contribution in [3.05, 3.63) is 151 Å². The maximum Gasteiger partial charge on any atom is 0.164 e. The fraction of sp³-hybridized carbons (Fsp3) is 0.0250. The molecule has 0 spiro atoms. The standard InChI is InChI=1S/C40H27N5/c1-26-17-18-29-23-24-33-34(25-35(28-11-5-2-6-12-28)42-37(33)36(29)41-26)27-19-21-32(22-20-27)40-44-38(30-13-7-3-8-14-30)43-39(45-40)31-15-9-4-10-16-31/h2-25H,1H3. The van der Waals surface area contributed by atoms with Crippen LogP contribution in [0.4, 0.5) is 0 Å². The van der Waals surface area contributed by atoms with Crippen LogP contribution in [0.3, 0.4) is 0 Å². The highest BCUT2D eigenvalue weighted by Crippen LogP contribution is 2.36. The van der Waals surface area contributed by atoms with E-state index < -0.39 is 0 Å². The van der Waals surface area contributed by atoms with Gasteiger partial charge in [-0.05, 0) is 30.2 Å². The van der Waals surface area contributed by atoms with E-state index in [0.29, 0.717) is 17.5 Å². The van der Waals surface area contributed by atoms with Gasteiger partial charge in [0.1, 0.15) is 0 Å². The minimum absolute atomic E-state index is 0.629. The van der Waals surface area contributed by atoms with Gasteiger partial charge in [-0.1, -0.05) is 133 Å². The van der Waals surface area contributed by atoms with Crippen molar-refractivity contribution in [2.45, 2.75) is 6.92 Å². The van der Waals surface area contributed by atoms with E-state index >= 15 is 0 Å². The minimum Gasteiger partial charge on any atom is -0.251 e. The Morgan fingerprint density at radius 2 is 0.867 bits per heavy atom. The predicted octanol–water partition coefficient (Wildman–Crippen LogP) is 9.61. The first-order valence-corrected chi connectivity index (χ1v) is 14.9. The summed E-state index contributed by atoms with van der Waals surface area (Å²) in [5.74, 6) is 1.92. The maximum absolute atomic E-state index is 5.15. The lowest BCUT2D eigenvalue weighted by atomic mass is 9.96. The number of aromatic nitrogens is 5. The summed E-state index contributed by atoms with van der Waals surface area (Å²) in [6.45, 7) is 2.02. The van der Waals surface area contributed by atoms with Crippen LogP contribution < -0.4 is 0 Å². The molecule has 0 radical (unpaired) electrons. The van der Waals surface area contributed by atoms with Crippen molar-refractivity contribution in [1.29, 1.82) is 0 Å². The summed E-state index contributed by atoms with van der Waals surface area (Å²) in [5, 5.41) is 2.14. The first-order chi connectivity index (χ1) is 22.2. The van der Waals surface area contributed by atoms with Gasteiger partial charge < -0.3 is 0 Å². The van der Waals surface area contributed by atoms with E-state index in [1.807, 2.05) is 91.9 Å². The summed E-state index contributed by atoms with van der Waals surface area (Å²) < 4.78 is 0. The number of rotatable bonds is 5. The van der Waals surface area contributed by atoms with Gasteiger partial charge in [-0.2, -0.15) is 0 Å². The molecule has 5 heteroatoms. The number of hydrogen-bond acceptors (Lipinski definition) is 5. The molecule has 5 aromatic carbocycles. The van der Waals surface area contributed by atoms with Crippen LogP contribution in [0.25, 0.3) is 78.4 Å². The van der Waals surface area contributed by atoms with Gasteiger partial charge in [0.05, 0.1) is 16.7 Å². The summed E-state index contributed by atoms with van der Waals surface area (Å²) in [5.41, 5.74) is 9.74. The first kappa shape index (κ1) is 26.5. The van der Waals surface area contributed by atoms with E-state index in [1.165, 1.54) is 0 Å². The molecule has 0 saturated heterocycles. The molecule has 0 aliphatic carbocycles. The molecule has 0 aliphatic heterocycles. The van der Waals surface area contributed by atoms with Crippen LogP contribution in [0.15, 0.2) is 146 Å². The highest BCUT2D eigenvalue weighted by molar-refractivity contribution is 6.09. The summed E-state index contributed by atoms with van der Waals surface area (Å²) in [6.07, 6.45) is 0. The van der Waals surface area contributed by atoms with Gasteiger partial charge >= 0.3 is 0 Å². The van der Waals surface area contributed by atoms with Crippen LogP contribution >= 0.6 is 0 Å². The van der Waals surface area contributed by atoms with Crippen molar-refractivity contribution < 1.29 is 0 Å². The summed E-state index contributed by atoms with van der Waals surface area (Å²) in [4.78, 5) is 24.7. The van der Waals surface area contributed by atoms with Crippen molar-refractivity contribution in [3.63, 3.8) is 0 Å². The molecule has 8 aromatic rings. The summed E-state index contributed by atoms with van der Waals surface area (Å²) in [6, 6.07) is 49.5. The second-order valence-corrected chi connectivity index (χ2v) is 11.0. The largest absolute Gasteiger partial charge is 0.251 e. The van der Waals surface area contributed by atoms with E-state index in [2.05, 4.69) is 60.7 Å². The van der Waals surface area contributed by atoms with Crippen molar-refractivity contribution in [1.82, 2.24) is 24.9 Å². The van der Waals surface area contributed by atoms with E-state index in [1.54, 1.807) is 0 Å². The number of pyridine rings is 2. The Kier molecular flexibility index (Phi) is 6.61. The smallest absolute Gasteiger partial charge is 0.164 e. The van der Waals surface area contributed by atoms with E-state index in [-0.39, 0.29) is 0 Å². The number of hydrogen-bond donors (Lipinski definition) is 0. The summed E-state index contributed by atoms with van der Waals surface area (Å²) >= 11 is 0. The lowest BCUT2D eigenvalue weighted by Gasteiger charge is -2.13. The third-order valence-electron chi connectivity index (χ3n) is 8.00. The Bertz CT molecular complexity index is 2240. The number of aryl methyl sites for hydroxylation is 1. The molecule has 8 rings (SSSR count). The van der Waals surface area contributed by atoms with Crippen molar-refractivity contribution >= 4 is 21.8 Å². The lowest BCUT2D eigenvalue weighted by molar-refractivity contribution is 1.07.